The van der Waals surface area contributed by atoms with E-state index >= 15 is 0 Å². The van der Waals surface area contributed by atoms with Crippen molar-refractivity contribution >= 4 is 16.7 Å². The molecule has 1 amide bonds. The smallest absolute Gasteiger partial charge is 0.248 e. The lowest BCUT2D eigenvalue weighted by molar-refractivity contribution is 0.1000. The molecular formula is C18H15NO3. The summed E-state index contributed by atoms with van der Waals surface area (Å²) >= 11 is 0. The van der Waals surface area contributed by atoms with Crippen LogP contribution in [0.15, 0.2) is 54.6 Å². The summed E-state index contributed by atoms with van der Waals surface area (Å²) in [6, 6.07) is 15.8. The summed E-state index contributed by atoms with van der Waals surface area (Å²) < 4.78 is 0. The third-order valence-electron chi connectivity index (χ3n) is 3.56. The Balaban J connectivity index is 1.96. The number of primary amides is 1. The van der Waals surface area contributed by atoms with E-state index < -0.39 is 5.91 Å². The molecule has 3 aromatic rings. The van der Waals surface area contributed by atoms with Gasteiger partial charge in [-0.2, -0.15) is 0 Å². The highest BCUT2D eigenvalue weighted by atomic mass is 16.3. The molecule has 0 aromatic heterocycles. The SMILES string of the molecule is NC(=O)c1cc(O)cc(Cc2ccc3cc(O)ccc3c2)c1. The monoisotopic (exact) mass is 293 g/mol. The zero-order valence-electron chi connectivity index (χ0n) is 11.8. The molecule has 0 aliphatic rings. The van der Waals surface area contributed by atoms with E-state index in [0.717, 1.165) is 21.9 Å². The molecule has 4 nitrogen and oxygen atoms in total. The molecule has 0 fully saturated rings. The van der Waals surface area contributed by atoms with Gasteiger partial charge >= 0.3 is 0 Å². The summed E-state index contributed by atoms with van der Waals surface area (Å²) in [4.78, 5) is 11.3. The molecule has 0 aliphatic carbocycles. The van der Waals surface area contributed by atoms with Crippen molar-refractivity contribution in [3.63, 3.8) is 0 Å². The van der Waals surface area contributed by atoms with Crippen LogP contribution in [-0.2, 0) is 6.42 Å². The molecule has 3 aromatic carbocycles. The second-order valence-electron chi connectivity index (χ2n) is 5.29. The van der Waals surface area contributed by atoms with Crippen LogP contribution in [0, 0.1) is 0 Å². The van der Waals surface area contributed by atoms with Gasteiger partial charge in [0.2, 0.25) is 5.91 Å². The summed E-state index contributed by atoms with van der Waals surface area (Å²) in [5.74, 6) is -0.303. The summed E-state index contributed by atoms with van der Waals surface area (Å²) in [5.41, 5.74) is 7.40. The normalized spacial score (nSPS) is 10.7. The predicted molar refractivity (Wildman–Crippen MR) is 85.0 cm³/mol. The van der Waals surface area contributed by atoms with Gasteiger partial charge in [0.05, 0.1) is 0 Å². The van der Waals surface area contributed by atoms with Crippen LogP contribution >= 0.6 is 0 Å². The molecule has 0 atom stereocenters. The predicted octanol–water partition coefficient (Wildman–Crippen LogP) is 2.94. The van der Waals surface area contributed by atoms with Crippen molar-refractivity contribution in [2.45, 2.75) is 6.42 Å². The summed E-state index contributed by atoms with van der Waals surface area (Å²) in [6.07, 6.45) is 0.575. The Morgan fingerprint density at radius 2 is 1.55 bits per heavy atom. The molecule has 0 unspecified atom stereocenters. The fourth-order valence-electron chi connectivity index (χ4n) is 2.55. The highest BCUT2D eigenvalue weighted by Crippen LogP contribution is 2.23. The van der Waals surface area contributed by atoms with Crippen LogP contribution in [0.3, 0.4) is 0 Å². The van der Waals surface area contributed by atoms with Crippen molar-refractivity contribution in [3.05, 3.63) is 71.3 Å². The first-order valence-electron chi connectivity index (χ1n) is 6.86. The van der Waals surface area contributed by atoms with Crippen molar-refractivity contribution in [1.82, 2.24) is 0 Å². The lowest BCUT2D eigenvalue weighted by atomic mass is 9.99. The van der Waals surface area contributed by atoms with Crippen molar-refractivity contribution in [1.29, 1.82) is 0 Å². The second-order valence-corrected chi connectivity index (χ2v) is 5.29. The number of hydrogen-bond acceptors (Lipinski definition) is 3. The topological polar surface area (TPSA) is 83.6 Å². The molecule has 0 saturated heterocycles. The molecule has 0 heterocycles. The molecule has 110 valence electrons. The van der Waals surface area contributed by atoms with Gasteiger partial charge in [0.25, 0.3) is 0 Å². The number of phenolic OH excluding ortho intramolecular Hbond substituents is 2. The molecule has 0 radical (unpaired) electrons. The largest absolute Gasteiger partial charge is 0.508 e. The van der Waals surface area contributed by atoms with Crippen LogP contribution in [0.4, 0.5) is 0 Å². The van der Waals surface area contributed by atoms with Crippen molar-refractivity contribution in [2.75, 3.05) is 0 Å². The number of amides is 1. The highest BCUT2D eigenvalue weighted by molar-refractivity contribution is 5.93. The first-order chi connectivity index (χ1) is 10.5. The number of phenols is 2. The molecule has 0 bridgehead atoms. The van der Waals surface area contributed by atoms with E-state index in [1.54, 1.807) is 24.3 Å². The van der Waals surface area contributed by atoms with Crippen molar-refractivity contribution in [3.8, 4) is 11.5 Å². The highest BCUT2D eigenvalue weighted by Gasteiger charge is 2.06. The maximum atomic E-state index is 11.3. The van der Waals surface area contributed by atoms with E-state index in [4.69, 9.17) is 5.73 Å². The Kier molecular flexibility index (Phi) is 3.43. The van der Waals surface area contributed by atoms with Gasteiger partial charge < -0.3 is 15.9 Å². The van der Waals surface area contributed by atoms with Gasteiger partial charge in [-0.05, 0) is 58.7 Å². The minimum Gasteiger partial charge on any atom is -0.508 e. The summed E-state index contributed by atoms with van der Waals surface area (Å²) in [6.45, 7) is 0. The number of nitrogens with two attached hydrogens (primary N) is 1. The lowest BCUT2D eigenvalue weighted by Crippen LogP contribution is -2.11. The summed E-state index contributed by atoms with van der Waals surface area (Å²) in [5, 5.41) is 21.1. The van der Waals surface area contributed by atoms with Gasteiger partial charge in [-0.3, -0.25) is 4.79 Å². The first-order valence-corrected chi connectivity index (χ1v) is 6.86. The molecule has 3 rings (SSSR count). The van der Waals surface area contributed by atoms with Crippen LogP contribution in [0.25, 0.3) is 10.8 Å². The Morgan fingerprint density at radius 3 is 2.32 bits per heavy atom. The maximum Gasteiger partial charge on any atom is 0.248 e. The molecule has 0 spiro atoms. The van der Waals surface area contributed by atoms with Gasteiger partial charge in [-0.25, -0.2) is 0 Å². The average Bonchev–Trinajstić information content (AvgIpc) is 2.47. The van der Waals surface area contributed by atoms with Crippen LogP contribution in [0.5, 0.6) is 11.5 Å². The Bertz CT molecular complexity index is 871. The van der Waals surface area contributed by atoms with E-state index in [1.165, 1.54) is 6.07 Å². The molecule has 4 heteroatoms. The fourth-order valence-corrected chi connectivity index (χ4v) is 2.55. The zero-order chi connectivity index (χ0) is 15.7. The van der Waals surface area contributed by atoms with Crippen LogP contribution < -0.4 is 5.73 Å². The Labute approximate surface area is 127 Å². The summed E-state index contributed by atoms with van der Waals surface area (Å²) in [7, 11) is 0. The minimum absolute atomic E-state index is 0.0250. The maximum absolute atomic E-state index is 11.3. The van der Waals surface area contributed by atoms with E-state index in [9.17, 15) is 15.0 Å². The average molecular weight is 293 g/mol. The van der Waals surface area contributed by atoms with Crippen LogP contribution in [0.1, 0.15) is 21.5 Å². The number of rotatable bonds is 3. The van der Waals surface area contributed by atoms with Crippen LogP contribution in [-0.4, -0.2) is 16.1 Å². The molecule has 0 aliphatic heterocycles. The van der Waals surface area contributed by atoms with E-state index in [2.05, 4.69) is 0 Å². The van der Waals surface area contributed by atoms with E-state index in [0.29, 0.717) is 12.0 Å². The molecule has 4 N–H and O–H groups in total. The number of carbonyl (C=O) groups excluding carboxylic acids is 1. The Morgan fingerprint density at radius 1 is 0.818 bits per heavy atom. The van der Waals surface area contributed by atoms with Gasteiger partial charge in [0.15, 0.2) is 0 Å². The standard InChI is InChI=1S/C18H15NO3/c19-18(22)15-7-12(8-17(21)10-15)5-11-1-2-14-9-16(20)4-3-13(14)6-11/h1-4,6-10,20-21H,5H2,(H2,19,22). The van der Waals surface area contributed by atoms with Crippen LogP contribution in [0.2, 0.25) is 0 Å². The number of fused-ring (bicyclic) bond motifs is 1. The lowest BCUT2D eigenvalue weighted by Gasteiger charge is -2.07. The number of aromatic hydroxyl groups is 2. The van der Waals surface area contributed by atoms with E-state index in [1.807, 2.05) is 24.3 Å². The molecule has 22 heavy (non-hydrogen) atoms. The number of hydrogen-bond donors (Lipinski definition) is 3. The number of carbonyl (C=O) groups is 1. The van der Waals surface area contributed by atoms with E-state index in [-0.39, 0.29) is 11.5 Å². The minimum atomic E-state index is -0.564. The number of benzene rings is 3. The zero-order valence-corrected chi connectivity index (χ0v) is 11.8. The van der Waals surface area contributed by atoms with Gasteiger partial charge in [-0.1, -0.05) is 24.3 Å². The fraction of sp³-hybridized carbons (Fsp3) is 0.0556. The van der Waals surface area contributed by atoms with Gasteiger partial charge in [-0.15, -0.1) is 0 Å². The van der Waals surface area contributed by atoms with Gasteiger partial charge in [0, 0.05) is 5.56 Å². The first kappa shape index (κ1) is 13.9. The van der Waals surface area contributed by atoms with Gasteiger partial charge in [0.1, 0.15) is 11.5 Å². The third kappa shape index (κ3) is 2.86. The van der Waals surface area contributed by atoms with Crippen molar-refractivity contribution in [2.24, 2.45) is 5.73 Å². The van der Waals surface area contributed by atoms with Crippen molar-refractivity contribution < 1.29 is 15.0 Å². The quantitative estimate of drug-likeness (QED) is 0.694. The Hall–Kier alpha value is -3.01. The molecular weight excluding hydrogens is 278 g/mol. The third-order valence-corrected chi connectivity index (χ3v) is 3.56. The second kappa shape index (κ2) is 5.41. The molecule has 0 saturated carbocycles.